The molecule has 0 aliphatic heterocycles. The van der Waals surface area contributed by atoms with Gasteiger partial charge in [0.15, 0.2) is 11.5 Å². The number of benzene rings is 2. The molecular formula is C22H23NO4. The molecule has 0 saturated carbocycles. The SMILES string of the molecule is COc1cc2c(cc1OC)CCC(C=CC(=O)N(OC)c1ccccc1)=C2. The lowest BCUT2D eigenvalue weighted by Gasteiger charge is -2.19. The summed E-state index contributed by atoms with van der Waals surface area (Å²) >= 11 is 0. The Balaban J connectivity index is 1.80. The second kappa shape index (κ2) is 8.56. The highest BCUT2D eigenvalue weighted by Gasteiger charge is 2.16. The molecule has 0 saturated heterocycles. The lowest BCUT2D eigenvalue weighted by molar-refractivity contribution is -0.120. The first-order valence-electron chi connectivity index (χ1n) is 8.73. The Kier molecular flexibility index (Phi) is 5.94. The highest BCUT2D eigenvalue weighted by molar-refractivity contribution is 6.00. The fourth-order valence-electron chi connectivity index (χ4n) is 3.10. The summed E-state index contributed by atoms with van der Waals surface area (Å²) in [4.78, 5) is 17.7. The van der Waals surface area contributed by atoms with Crippen LogP contribution in [0.5, 0.6) is 11.5 Å². The van der Waals surface area contributed by atoms with Crippen molar-refractivity contribution in [2.75, 3.05) is 26.4 Å². The van der Waals surface area contributed by atoms with E-state index in [0.29, 0.717) is 11.4 Å². The minimum absolute atomic E-state index is 0.234. The molecule has 1 aliphatic carbocycles. The molecule has 0 aromatic heterocycles. The quantitative estimate of drug-likeness (QED) is 0.569. The summed E-state index contributed by atoms with van der Waals surface area (Å²) in [5.74, 6) is 1.20. The fourth-order valence-corrected chi connectivity index (χ4v) is 3.10. The number of para-hydroxylation sites is 1. The minimum atomic E-state index is -0.234. The van der Waals surface area contributed by atoms with E-state index in [-0.39, 0.29) is 5.91 Å². The van der Waals surface area contributed by atoms with Crippen molar-refractivity contribution in [2.24, 2.45) is 0 Å². The van der Waals surface area contributed by atoms with E-state index in [0.717, 1.165) is 29.7 Å². The van der Waals surface area contributed by atoms with Gasteiger partial charge in [0.1, 0.15) is 0 Å². The molecular weight excluding hydrogens is 342 g/mol. The van der Waals surface area contributed by atoms with Crippen LogP contribution in [-0.2, 0) is 16.1 Å². The molecule has 3 rings (SSSR count). The summed E-state index contributed by atoms with van der Waals surface area (Å²) in [5.41, 5.74) is 4.05. The Labute approximate surface area is 159 Å². The molecule has 0 fully saturated rings. The van der Waals surface area contributed by atoms with Crippen LogP contribution in [0.3, 0.4) is 0 Å². The number of rotatable bonds is 6. The molecule has 27 heavy (non-hydrogen) atoms. The minimum Gasteiger partial charge on any atom is -0.493 e. The van der Waals surface area contributed by atoms with Crippen LogP contribution in [0.2, 0.25) is 0 Å². The number of hydroxylamine groups is 1. The molecule has 0 N–H and O–H groups in total. The van der Waals surface area contributed by atoms with Crippen LogP contribution >= 0.6 is 0 Å². The van der Waals surface area contributed by atoms with Crippen LogP contribution in [0.1, 0.15) is 17.5 Å². The van der Waals surface area contributed by atoms with E-state index in [9.17, 15) is 4.79 Å². The van der Waals surface area contributed by atoms with Gasteiger partial charge in [-0.2, -0.15) is 5.06 Å². The number of ether oxygens (including phenoxy) is 2. The van der Waals surface area contributed by atoms with Gasteiger partial charge in [0.05, 0.1) is 27.0 Å². The van der Waals surface area contributed by atoms with Gasteiger partial charge in [0, 0.05) is 6.08 Å². The van der Waals surface area contributed by atoms with Gasteiger partial charge in [-0.05, 0) is 53.8 Å². The van der Waals surface area contributed by atoms with Crippen LogP contribution in [0.15, 0.2) is 60.2 Å². The van der Waals surface area contributed by atoms with Crippen molar-refractivity contribution in [2.45, 2.75) is 12.8 Å². The van der Waals surface area contributed by atoms with E-state index in [4.69, 9.17) is 14.3 Å². The standard InChI is InChI=1S/C22H23NO4/c1-25-20-14-17-11-9-16(13-18(17)15-21(20)26-2)10-12-22(24)23(27-3)19-7-5-4-6-8-19/h4-8,10,12-15H,9,11H2,1-3H3. The van der Waals surface area contributed by atoms with E-state index < -0.39 is 0 Å². The summed E-state index contributed by atoms with van der Waals surface area (Å²) in [6, 6.07) is 13.2. The van der Waals surface area contributed by atoms with Gasteiger partial charge in [0.2, 0.25) is 0 Å². The second-order valence-electron chi connectivity index (χ2n) is 6.11. The molecule has 1 aliphatic rings. The van der Waals surface area contributed by atoms with Crippen molar-refractivity contribution in [3.8, 4) is 11.5 Å². The third-order valence-electron chi connectivity index (χ3n) is 4.48. The average Bonchev–Trinajstić information content (AvgIpc) is 2.72. The lowest BCUT2D eigenvalue weighted by Crippen LogP contribution is -2.27. The normalized spacial score (nSPS) is 13.1. The zero-order valence-corrected chi connectivity index (χ0v) is 15.8. The number of methoxy groups -OCH3 is 2. The van der Waals surface area contributed by atoms with Gasteiger partial charge in [-0.1, -0.05) is 30.4 Å². The summed E-state index contributed by atoms with van der Waals surface area (Å²) in [5, 5.41) is 1.27. The highest BCUT2D eigenvalue weighted by atomic mass is 16.7. The predicted molar refractivity (Wildman–Crippen MR) is 106 cm³/mol. The Morgan fingerprint density at radius 1 is 1.00 bits per heavy atom. The summed E-state index contributed by atoms with van der Waals surface area (Å²) in [6.45, 7) is 0. The molecule has 0 bridgehead atoms. The van der Waals surface area contributed by atoms with E-state index in [2.05, 4.69) is 6.08 Å². The number of anilines is 1. The van der Waals surface area contributed by atoms with Gasteiger partial charge < -0.3 is 9.47 Å². The number of carbonyl (C=O) groups is 1. The number of nitrogens with zero attached hydrogens (tertiary/aromatic N) is 1. The molecule has 5 nitrogen and oxygen atoms in total. The molecule has 0 unspecified atom stereocenters. The zero-order chi connectivity index (χ0) is 19.2. The molecule has 5 heteroatoms. The first-order valence-corrected chi connectivity index (χ1v) is 8.73. The monoisotopic (exact) mass is 365 g/mol. The highest BCUT2D eigenvalue weighted by Crippen LogP contribution is 2.35. The summed E-state index contributed by atoms with van der Waals surface area (Å²) < 4.78 is 10.7. The maximum absolute atomic E-state index is 12.5. The van der Waals surface area contributed by atoms with Gasteiger partial charge in [-0.25, -0.2) is 0 Å². The lowest BCUT2D eigenvalue weighted by atomic mass is 9.91. The first-order chi connectivity index (χ1) is 13.2. The zero-order valence-electron chi connectivity index (χ0n) is 15.8. The van der Waals surface area contributed by atoms with Crippen molar-refractivity contribution >= 4 is 17.7 Å². The van der Waals surface area contributed by atoms with Crippen molar-refractivity contribution in [3.05, 3.63) is 71.3 Å². The van der Waals surface area contributed by atoms with E-state index >= 15 is 0 Å². The summed E-state index contributed by atoms with van der Waals surface area (Å²) in [6.07, 6.45) is 7.19. The maximum atomic E-state index is 12.5. The third kappa shape index (κ3) is 4.20. The van der Waals surface area contributed by atoms with E-state index in [1.807, 2.05) is 48.5 Å². The van der Waals surface area contributed by atoms with Crippen LogP contribution in [0, 0.1) is 0 Å². The van der Waals surface area contributed by atoms with Crippen molar-refractivity contribution in [3.63, 3.8) is 0 Å². The van der Waals surface area contributed by atoms with Crippen LogP contribution in [0.4, 0.5) is 5.69 Å². The number of hydrogen-bond donors (Lipinski definition) is 0. The Bertz CT molecular complexity index is 871. The van der Waals surface area contributed by atoms with Gasteiger partial charge in [-0.15, -0.1) is 0 Å². The number of amides is 1. The van der Waals surface area contributed by atoms with Crippen molar-refractivity contribution < 1.29 is 19.1 Å². The third-order valence-corrected chi connectivity index (χ3v) is 4.48. The number of carbonyl (C=O) groups excluding carboxylic acids is 1. The smallest absolute Gasteiger partial charge is 0.274 e. The van der Waals surface area contributed by atoms with Gasteiger partial charge in [0.25, 0.3) is 5.91 Å². The van der Waals surface area contributed by atoms with Crippen LogP contribution in [0.25, 0.3) is 6.08 Å². The molecule has 1 amide bonds. The van der Waals surface area contributed by atoms with E-state index in [1.54, 1.807) is 14.2 Å². The number of allylic oxidation sites excluding steroid dienone is 2. The van der Waals surface area contributed by atoms with Crippen molar-refractivity contribution in [1.29, 1.82) is 0 Å². The Morgan fingerprint density at radius 2 is 1.70 bits per heavy atom. The molecule has 0 radical (unpaired) electrons. The molecule has 0 atom stereocenters. The van der Waals surface area contributed by atoms with E-state index in [1.165, 1.54) is 23.8 Å². The molecule has 0 heterocycles. The number of aryl methyl sites for hydroxylation is 1. The van der Waals surface area contributed by atoms with Crippen LogP contribution < -0.4 is 14.5 Å². The van der Waals surface area contributed by atoms with Crippen LogP contribution in [-0.4, -0.2) is 27.2 Å². The fraction of sp³-hybridized carbons (Fsp3) is 0.227. The first kappa shape index (κ1) is 18.7. The van der Waals surface area contributed by atoms with Gasteiger partial charge in [-0.3, -0.25) is 9.63 Å². The second-order valence-corrected chi connectivity index (χ2v) is 6.11. The molecule has 2 aromatic carbocycles. The summed E-state index contributed by atoms with van der Waals surface area (Å²) in [7, 11) is 4.74. The molecule has 2 aromatic rings. The maximum Gasteiger partial charge on any atom is 0.274 e. The molecule has 0 spiro atoms. The average molecular weight is 365 g/mol. The number of hydrogen-bond acceptors (Lipinski definition) is 4. The van der Waals surface area contributed by atoms with Crippen molar-refractivity contribution in [1.82, 2.24) is 0 Å². The topological polar surface area (TPSA) is 48.0 Å². The Hall–Kier alpha value is -3.05. The predicted octanol–water partition coefficient (Wildman–Crippen LogP) is 4.18. The number of fused-ring (bicyclic) bond motifs is 1. The largest absolute Gasteiger partial charge is 0.493 e. The Morgan fingerprint density at radius 3 is 2.37 bits per heavy atom. The molecule has 140 valence electrons. The van der Waals surface area contributed by atoms with Gasteiger partial charge >= 0.3 is 0 Å².